The molecule has 4 rings (SSSR count). The molecule has 3 aromatic carbocycles. The summed E-state index contributed by atoms with van der Waals surface area (Å²) < 4.78 is 39.4. The van der Waals surface area contributed by atoms with Gasteiger partial charge in [-0.3, -0.25) is 9.78 Å². The maximum atomic E-state index is 13.1. The quantitative estimate of drug-likeness (QED) is 0.358. The lowest BCUT2D eigenvalue weighted by Crippen LogP contribution is -2.07. The maximum Gasteiger partial charge on any atom is 0.418 e. The number of para-hydroxylation sites is 1. The molecule has 0 radical (unpaired) electrons. The molecular formula is C23H15F3N2O. The monoisotopic (exact) mass is 392 g/mol. The largest absolute Gasteiger partial charge is 0.418 e. The number of carbonyl (C=O) groups is 1. The first-order valence-electron chi connectivity index (χ1n) is 8.79. The third-order valence-corrected chi connectivity index (χ3v) is 4.65. The Kier molecular flexibility index (Phi) is 4.54. The lowest BCUT2D eigenvalue weighted by molar-refractivity contribution is -0.136. The molecule has 3 nitrogen and oxygen atoms in total. The summed E-state index contributed by atoms with van der Waals surface area (Å²) in [4.78, 5) is 16.7. The number of alkyl halides is 3. The van der Waals surface area contributed by atoms with Crippen molar-refractivity contribution in [2.24, 2.45) is 0 Å². The molecule has 0 spiro atoms. The van der Waals surface area contributed by atoms with Crippen LogP contribution in [0, 0.1) is 0 Å². The number of nitrogens with two attached hydrogens (primary N) is 1. The Morgan fingerprint density at radius 1 is 0.828 bits per heavy atom. The Balaban J connectivity index is 1.67. The fourth-order valence-electron chi connectivity index (χ4n) is 3.21. The van der Waals surface area contributed by atoms with Crippen LogP contribution in [0.25, 0.3) is 22.0 Å². The van der Waals surface area contributed by atoms with E-state index in [9.17, 15) is 18.0 Å². The van der Waals surface area contributed by atoms with Crippen LogP contribution in [0.4, 0.5) is 18.9 Å². The predicted molar refractivity (Wildman–Crippen MR) is 106 cm³/mol. The number of carbonyl (C=O) groups excluding carboxylic acids is 1. The van der Waals surface area contributed by atoms with Crippen LogP contribution in [-0.2, 0) is 6.18 Å². The first kappa shape index (κ1) is 18.7. The zero-order valence-corrected chi connectivity index (χ0v) is 15.1. The van der Waals surface area contributed by atoms with E-state index in [0.29, 0.717) is 11.3 Å². The minimum absolute atomic E-state index is 0.173. The van der Waals surface area contributed by atoms with Crippen LogP contribution in [0.15, 0.2) is 79.0 Å². The SMILES string of the molecule is Nc1cccc(-c2ccc(C(=O)c3cnc4c(C(F)(F)F)cccc4c3)cc2)c1. The second-order valence-electron chi connectivity index (χ2n) is 6.63. The van der Waals surface area contributed by atoms with Gasteiger partial charge in [-0.05, 0) is 35.4 Å². The number of hydrogen-bond acceptors (Lipinski definition) is 3. The van der Waals surface area contributed by atoms with E-state index in [0.717, 1.165) is 17.2 Å². The number of benzene rings is 3. The number of aromatic nitrogens is 1. The van der Waals surface area contributed by atoms with Crippen molar-refractivity contribution in [3.63, 3.8) is 0 Å². The van der Waals surface area contributed by atoms with Crippen molar-refractivity contribution in [3.05, 3.63) is 95.7 Å². The fraction of sp³-hybridized carbons (Fsp3) is 0.0435. The molecule has 1 heterocycles. The van der Waals surface area contributed by atoms with Gasteiger partial charge in [-0.1, -0.05) is 48.5 Å². The maximum absolute atomic E-state index is 13.1. The Bertz CT molecular complexity index is 1210. The molecule has 0 saturated heterocycles. The van der Waals surface area contributed by atoms with Gasteiger partial charge in [0.1, 0.15) is 0 Å². The normalized spacial score (nSPS) is 11.6. The van der Waals surface area contributed by atoms with Gasteiger partial charge < -0.3 is 5.73 Å². The van der Waals surface area contributed by atoms with E-state index in [-0.39, 0.29) is 22.2 Å². The van der Waals surface area contributed by atoms with E-state index >= 15 is 0 Å². The van der Waals surface area contributed by atoms with Crippen molar-refractivity contribution >= 4 is 22.4 Å². The van der Waals surface area contributed by atoms with Crippen molar-refractivity contribution in [2.45, 2.75) is 6.18 Å². The molecule has 0 aliphatic carbocycles. The molecule has 0 aliphatic heterocycles. The van der Waals surface area contributed by atoms with Gasteiger partial charge in [0.25, 0.3) is 0 Å². The van der Waals surface area contributed by atoms with Crippen LogP contribution in [0.1, 0.15) is 21.5 Å². The summed E-state index contributed by atoms with van der Waals surface area (Å²) in [5.41, 5.74) is 7.93. The van der Waals surface area contributed by atoms with Crippen LogP contribution in [-0.4, -0.2) is 10.8 Å². The van der Waals surface area contributed by atoms with E-state index in [4.69, 9.17) is 5.73 Å². The fourth-order valence-corrected chi connectivity index (χ4v) is 3.21. The smallest absolute Gasteiger partial charge is 0.399 e. The molecule has 0 fully saturated rings. The number of fused-ring (bicyclic) bond motifs is 1. The second kappa shape index (κ2) is 7.05. The van der Waals surface area contributed by atoms with Crippen molar-refractivity contribution in [1.82, 2.24) is 4.98 Å². The molecule has 1 aromatic heterocycles. The van der Waals surface area contributed by atoms with Crippen LogP contribution < -0.4 is 5.73 Å². The summed E-state index contributed by atoms with van der Waals surface area (Å²) in [5, 5.41) is 0.266. The van der Waals surface area contributed by atoms with Gasteiger partial charge >= 0.3 is 6.18 Å². The number of nitrogens with zero attached hydrogens (tertiary/aromatic N) is 1. The molecule has 6 heteroatoms. The highest BCUT2D eigenvalue weighted by atomic mass is 19.4. The van der Waals surface area contributed by atoms with Crippen LogP contribution in [0.3, 0.4) is 0 Å². The van der Waals surface area contributed by atoms with Gasteiger partial charge in [-0.25, -0.2) is 0 Å². The summed E-state index contributed by atoms with van der Waals surface area (Å²) in [6, 6.07) is 19.6. The minimum Gasteiger partial charge on any atom is -0.399 e. The van der Waals surface area contributed by atoms with Gasteiger partial charge in [0.2, 0.25) is 0 Å². The van der Waals surface area contributed by atoms with Crippen molar-refractivity contribution in [1.29, 1.82) is 0 Å². The second-order valence-corrected chi connectivity index (χ2v) is 6.63. The number of nitrogen functional groups attached to an aromatic ring is 1. The average Bonchev–Trinajstić information content (AvgIpc) is 2.72. The van der Waals surface area contributed by atoms with Crippen molar-refractivity contribution in [3.8, 4) is 11.1 Å². The van der Waals surface area contributed by atoms with E-state index in [2.05, 4.69) is 4.98 Å². The minimum atomic E-state index is -4.51. The topological polar surface area (TPSA) is 56.0 Å². The van der Waals surface area contributed by atoms with E-state index in [1.165, 1.54) is 24.4 Å². The lowest BCUT2D eigenvalue weighted by atomic mass is 9.99. The molecule has 0 amide bonds. The molecule has 4 aromatic rings. The predicted octanol–water partition coefficient (Wildman–Crippen LogP) is 5.73. The number of rotatable bonds is 3. The standard InChI is InChI=1S/C23H15F3N2O/c24-23(25,26)20-6-2-4-17-11-18(13-28-21(17)20)22(29)15-9-7-14(8-10-15)16-3-1-5-19(27)12-16/h1-13H,27H2. The van der Waals surface area contributed by atoms with Gasteiger partial charge in [0.15, 0.2) is 5.78 Å². The van der Waals surface area contributed by atoms with Gasteiger partial charge in [0.05, 0.1) is 11.1 Å². The van der Waals surface area contributed by atoms with Gasteiger partial charge in [-0.2, -0.15) is 13.2 Å². The molecule has 0 saturated carbocycles. The summed E-state index contributed by atoms with van der Waals surface area (Å²) in [6.45, 7) is 0. The third kappa shape index (κ3) is 3.69. The molecule has 0 bridgehead atoms. The highest BCUT2D eigenvalue weighted by Crippen LogP contribution is 2.34. The van der Waals surface area contributed by atoms with E-state index < -0.39 is 11.7 Å². The Morgan fingerprint density at radius 3 is 2.24 bits per heavy atom. The average molecular weight is 392 g/mol. The van der Waals surface area contributed by atoms with Crippen LogP contribution in [0.5, 0.6) is 0 Å². The molecule has 2 N–H and O–H groups in total. The third-order valence-electron chi connectivity index (χ3n) is 4.65. The first-order chi connectivity index (χ1) is 13.8. The Morgan fingerprint density at radius 2 is 1.55 bits per heavy atom. The zero-order valence-electron chi connectivity index (χ0n) is 15.1. The summed E-state index contributed by atoms with van der Waals surface area (Å²) >= 11 is 0. The molecule has 0 atom stereocenters. The molecule has 144 valence electrons. The summed E-state index contributed by atoms with van der Waals surface area (Å²) in [6.07, 6.45) is -3.32. The number of ketones is 1. The number of hydrogen-bond donors (Lipinski definition) is 1. The van der Waals surface area contributed by atoms with Crippen LogP contribution in [0.2, 0.25) is 0 Å². The molecule has 0 unspecified atom stereocenters. The number of halogens is 3. The number of pyridine rings is 1. The summed E-state index contributed by atoms with van der Waals surface area (Å²) in [7, 11) is 0. The zero-order chi connectivity index (χ0) is 20.6. The summed E-state index contributed by atoms with van der Waals surface area (Å²) in [5.74, 6) is -0.309. The number of anilines is 1. The van der Waals surface area contributed by atoms with Gasteiger partial charge in [0, 0.05) is 28.4 Å². The van der Waals surface area contributed by atoms with Crippen molar-refractivity contribution in [2.75, 3.05) is 5.73 Å². The highest BCUT2D eigenvalue weighted by molar-refractivity contribution is 6.10. The van der Waals surface area contributed by atoms with Crippen LogP contribution >= 0.6 is 0 Å². The highest BCUT2D eigenvalue weighted by Gasteiger charge is 2.33. The molecule has 0 aliphatic rings. The molecule has 29 heavy (non-hydrogen) atoms. The van der Waals surface area contributed by atoms with Crippen molar-refractivity contribution < 1.29 is 18.0 Å². The van der Waals surface area contributed by atoms with E-state index in [1.807, 2.05) is 18.2 Å². The van der Waals surface area contributed by atoms with Gasteiger partial charge in [-0.15, -0.1) is 0 Å². The Labute approximate surface area is 164 Å². The first-order valence-corrected chi connectivity index (χ1v) is 8.79. The Hall–Kier alpha value is -3.67. The molecular weight excluding hydrogens is 377 g/mol. The lowest BCUT2D eigenvalue weighted by Gasteiger charge is -2.10. The van der Waals surface area contributed by atoms with E-state index in [1.54, 1.807) is 30.3 Å².